The zero-order chi connectivity index (χ0) is 26.7. The van der Waals surface area contributed by atoms with Crippen molar-refractivity contribution >= 4 is 40.4 Å². The second-order valence-corrected chi connectivity index (χ2v) is 10.8. The van der Waals surface area contributed by atoms with Crippen LogP contribution in [0.3, 0.4) is 0 Å². The molecule has 5 rings (SSSR count). The lowest BCUT2D eigenvalue weighted by Gasteiger charge is -2.26. The van der Waals surface area contributed by atoms with Crippen molar-refractivity contribution in [3.63, 3.8) is 0 Å². The molecule has 7 heteroatoms. The lowest BCUT2D eigenvalue weighted by molar-refractivity contribution is -0.114. The Hall–Kier alpha value is -4.10. The summed E-state index contributed by atoms with van der Waals surface area (Å²) >= 11 is 1.35. The van der Waals surface area contributed by atoms with Gasteiger partial charge in [0.2, 0.25) is 0 Å². The Morgan fingerprint density at radius 2 is 1.50 bits per heavy atom. The minimum Gasteiger partial charge on any atom is -0.490 e. The number of fused-ring (bicyclic) bond motifs is 1. The molecule has 0 spiro atoms. The first kappa shape index (κ1) is 25.5. The Labute approximate surface area is 227 Å². The van der Waals surface area contributed by atoms with E-state index in [1.54, 1.807) is 11.0 Å². The van der Waals surface area contributed by atoms with Gasteiger partial charge in [0, 0.05) is 5.41 Å². The number of aliphatic imine (C=N–C) groups is 1. The van der Waals surface area contributed by atoms with Gasteiger partial charge in [0.1, 0.15) is 30.5 Å². The molecular formula is C31H29N3O3S. The van der Waals surface area contributed by atoms with Crippen LogP contribution in [0.4, 0.5) is 0 Å². The third kappa shape index (κ3) is 5.58. The molecule has 0 aliphatic carbocycles. The van der Waals surface area contributed by atoms with Gasteiger partial charge in [0.05, 0.1) is 11.3 Å². The Bertz CT molecular complexity index is 1430. The maximum atomic E-state index is 12.7. The summed E-state index contributed by atoms with van der Waals surface area (Å²) in [6, 6.07) is 25.4. The summed E-state index contributed by atoms with van der Waals surface area (Å²) in [4.78, 5) is 18.7. The minimum atomic E-state index is -0.413. The Balaban J connectivity index is 1.19. The molecule has 1 N–H and O–H groups in total. The van der Waals surface area contributed by atoms with Crippen LogP contribution in [0.15, 0.2) is 94.8 Å². The molecule has 192 valence electrons. The van der Waals surface area contributed by atoms with Crippen molar-refractivity contribution in [1.29, 1.82) is 5.41 Å². The first-order chi connectivity index (χ1) is 18.3. The van der Waals surface area contributed by atoms with E-state index in [-0.39, 0.29) is 16.8 Å². The number of ether oxygens (including phenoxy) is 2. The smallest absolute Gasteiger partial charge is 0.283 e. The van der Waals surface area contributed by atoms with E-state index in [1.807, 2.05) is 72.1 Å². The van der Waals surface area contributed by atoms with Crippen LogP contribution in [0.25, 0.3) is 11.8 Å². The van der Waals surface area contributed by atoms with Crippen LogP contribution in [-0.2, 0) is 10.2 Å². The average Bonchev–Trinajstić information content (AvgIpc) is 3.34. The Morgan fingerprint density at radius 3 is 2.11 bits per heavy atom. The summed E-state index contributed by atoms with van der Waals surface area (Å²) in [5.41, 5.74) is 4.22. The molecule has 0 saturated heterocycles. The van der Waals surface area contributed by atoms with E-state index in [1.165, 1.54) is 17.3 Å². The number of amides is 1. The van der Waals surface area contributed by atoms with E-state index in [0.29, 0.717) is 24.1 Å². The molecule has 3 aromatic carbocycles. The number of hydrogen-bond acceptors (Lipinski definition) is 5. The Kier molecular flexibility index (Phi) is 7.20. The van der Waals surface area contributed by atoms with Gasteiger partial charge in [-0.15, -0.1) is 0 Å². The highest BCUT2D eigenvalue weighted by atomic mass is 32.2. The van der Waals surface area contributed by atoms with Crippen molar-refractivity contribution in [2.45, 2.75) is 26.2 Å². The fraction of sp³-hybridized carbons (Fsp3) is 0.194. The van der Waals surface area contributed by atoms with Gasteiger partial charge in [-0.05, 0) is 52.4 Å². The molecule has 0 fully saturated rings. The number of amidine groups is 2. The fourth-order valence-electron chi connectivity index (χ4n) is 4.11. The van der Waals surface area contributed by atoms with Crippen molar-refractivity contribution in [2.75, 3.05) is 13.2 Å². The largest absolute Gasteiger partial charge is 0.490 e. The van der Waals surface area contributed by atoms with Gasteiger partial charge in [-0.2, -0.15) is 4.99 Å². The van der Waals surface area contributed by atoms with Crippen molar-refractivity contribution in [3.05, 3.63) is 107 Å². The van der Waals surface area contributed by atoms with Gasteiger partial charge in [0.15, 0.2) is 5.17 Å². The van der Waals surface area contributed by atoms with Gasteiger partial charge >= 0.3 is 0 Å². The molecule has 1 amide bonds. The molecule has 0 atom stereocenters. The van der Waals surface area contributed by atoms with Gasteiger partial charge in [0.25, 0.3) is 5.91 Å². The highest BCUT2D eigenvalue weighted by molar-refractivity contribution is 8.17. The van der Waals surface area contributed by atoms with Gasteiger partial charge < -0.3 is 9.47 Å². The topological polar surface area (TPSA) is 75.0 Å². The van der Waals surface area contributed by atoms with Crippen molar-refractivity contribution < 1.29 is 14.3 Å². The molecule has 0 radical (unpaired) electrons. The van der Waals surface area contributed by atoms with Crippen LogP contribution in [0.2, 0.25) is 0 Å². The van der Waals surface area contributed by atoms with Gasteiger partial charge in [-0.3, -0.25) is 15.1 Å². The van der Waals surface area contributed by atoms with Crippen LogP contribution in [-0.4, -0.2) is 35.0 Å². The fourth-order valence-corrected chi connectivity index (χ4v) is 5.00. The average molecular weight is 524 g/mol. The highest BCUT2D eigenvalue weighted by Crippen LogP contribution is 2.37. The normalized spacial score (nSPS) is 16.3. The number of nitrogens with one attached hydrogen (secondary N) is 1. The highest BCUT2D eigenvalue weighted by Gasteiger charge is 2.36. The zero-order valence-electron chi connectivity index (χ0n) is 21.6. The summed E-state index contributed by atoms with van der Waals surface area (Å²) in [6.45, 7) is 7.39. The van der Waals surface area contributed by atoms with Gasteiger partial charge in [-0.25, -0.2) is 0 Å². The molecule has 0 bridgehead atoms. The van der Waals surface area contributed by atoms with Crippen molar-refractivity contribution in [2.24, 2.45) is 4.99 Å². The summed E-state index contributed by atoms with van der Waals surface area (Å²) in [5, 5.41) is 11.2. The molecule has 3 aromatic rings. The number of carbonyl (C=O) groups is 1. The van der Waals surface area contributed by atoms with E-state index in [9.17, 15) is 4.79 Å². The summed E-state index contributed by atoms with van der Waals surface area (Å²) in [5.74, 6) is 1.22. The first-order valence-electron chi connectivity index (χ1n) is 12.4. The molecule has 38 heavy (non-hydrogen) atoms. The molecule has 2 aliphatic heterocycles. The predicted octanol–water partition coefficient (Wildman–Crippen LogP) is 6.75. The third-order valence-electron chi connectivity index (χ3n) is 6.22. The Morgan fingerprint density at radius 1 is 0.895 bits per heavy atom. The van der Waals surface area contributed by atoms with Crippen molar-refractivity contribution in [1.82, 2.24) is 4.90 Å². The number of thioether (sulfide) groups is 1. The summed E-state index contributed by atoms with van der Waals surface area (Å²) in [7, 11) is 0. The minimum absolute atomic E-state index is 0.111. The van der Waals surface area contributed by atoms with E-state index in [4.69, 9.17) is 14.9 Å². The monoisotopic (exact) mass is 523 g/mol. The predicted molar refractivity (Wildman–Crippen MR) is 155 cm³/mol. The zero-order valence-corrected chi connectivity index (χ0v) is 22.4. The van der Waals surface area contributed by atoms with E-state index in [0.717, 1.165) is 22.6 Å². The van der Waals surface area contributed by atoms with Gasteiger partial charge in [-0.1, -0.05) is 87.1 Å². The maximum Gasteiger partial charge on any atom is 0.283 e. The van der Waals surface area contributed by atoms with Crippen LogP contribution >= 0.6 is 11.8 Å². The van der Waals surface area contributed by atoms with Crippen molar-refractivity contribution in [3.8, 4) is 11.5 Å². The molecule has 0 unspecified atom stereocenters. The maximum absolute atomic E-state index is 12.7. The molecular weight excluding hydrogens is 494 g/mol. The second-order valence-electron chi connectivity index (χ2n) is 9.97. The SMILES string of the molecule is CC(C)(C)c1ccc(OCCOc2ccc(/C=C3/C(=N)N4C(c5ccccc5)=CSC4=NC3=O)cc2)cc1. The second kappa shape index (κ2) is 10.7. The van der Waals surface area contributed by atoms with E-state index >= 15 is 0 Å². The number of rotatable bonds is 7. The molecule has 0 aromatic heterocycles. The van der Waals surface area contributed by atoms with E-state index in [2.05, 4.69) is 37.9 Å². The van der Waals surface area contributed by atoms with E-state index < -0.39 is 5.91 Å². The number of benzene rings is 3. The number of nitrogens with zero attached hydrogens (tertiary/aromatic N) is 2. The lowest BCUT2D eigenvalue weighted by Crippen LogP contribution is -2.38. The number of carbonyl (C=O) groups excluding carboxylic acids is 1. The van der Waals surface area contributed by atoms with Crippen LogP contribution in [0, 0.1) is 5.41 Å². The molecule has 0 saturated carbocycles. The number of hydrogen-bond donors (Lipinski definition) is 1. The lowest BCUT2D eigenvalue weighted by atomic mass is 9.87. The third-order valence-corrected chi connectivity index (χ3v) is 7.04. The summed E-state index contributed by atoms with van der Waals surface area (Å²) < 4.78 is 11.6. The summed E-state index contributed by atoms with van der Waals surface area (Å²) in [6.07, 6.45) is 1.70. The molecule has 2 heterocycles. The van der Waals surface area contributed by atoms with Crippen LogP contribution in [0.5, 0.6) is 11.5 Å². The van der Waals surface area contributed by atoms with Crippen LogP contribution < -0.4 is 9.47 Å². The quantitative estimate of drug-likeness (QED) is 0.274. The first-order valence-corrected chi connectivity index (χ1v) is 13.3. The molecule has 6 nitrogen and oxygen atoms in total. The molecule has 2 aliphatic rings. The standard InChI is InChI=1S/C31H29N3O3S/c1-31(2,3)23-11-15-25(16-12-23)37-18-17-36-24-13-9-21(10-14-24)19-26-28(32)34-27(22-7-5-4-6-8-22)20-38-30(34)33-29(26)35/h4-16,19-20,32H,17-18H2,1-3H3/b26-19-,32-28?. The van der Waals surface area contributed by atoms with Crippen LogP contribution in [0.1, 0.15) is 37.5 Å².